The Morgan fingerprint density at radius 1 is 1.67 bits per heavy atom. The molecule has 0 aliphatic carbocycles. The number of nitrogens with zero attached hydrogens (tertiary/aromatic N) is 3. The number of carbonyl (C=O) groups excluding carboxylic acids is 1. The second kappa shape index (κ2) is 6.00. The summed E-state index contributed by atoms with van der Waals surface area (Å²) in [5.41, 5.74) is -0.278. The van der Waals surface area contributed by atoms with Crippen LogP contribution in [0.2, 0.25) is 0 Å². The highest BCUT2D eigenvalue weighted by Gasteiger charge is 2.16. The zero-order valence-corrected chi connectivity index (χ0v) is 9.34. The first-order valence-electron chi connectivity index (χ1n) is 4.80. The highest BCUT2D eigenvalue weighted by atomic mass is 16.4. The van der Waals surface area contributed by atoms with Gasteiger partial charge in [-0.2, -0.15) is 15.3 Å². The van der Waals surface area contributed by atoms with Crippen molar-refractivity contribution in [2.24, 2.45) is 0 Å². The van der Waals surface area contributed by atoms with Crippen LogP contribution in [0.4, 0.5) is 5.95 Å². The normalized spacial score (nSPS) is 12.3. The third kappa shape index (κ3) is 3.60. The zero-order chi connectivity index (χ0) is 13.5. The molecule has 1 aromatic rings. The van der Waals surface area contributed by atoms with Crippen LogP contribution in [-0.4, -0.2) is 38.2 Å². The van der Waals surface area contributed by atoms with E-state index in [2.05, 4.69) is 25.8 Å². The molecule has 1 amide bonds. The molecule has 4 N–H and O–H groups in total. The SMILES string of the molecule is CC(NC(=O)/C(C#N)=C\Nc1ncn[nH]1)C(=O)O. The van der Waals surface area contributed by atoms with Crippen molar-refractivity contribution in [3.63, 3.8) is 0 Å². The number of nitriles is 1. The molecule has 1 aromatic heterocycles. The van der Waals surface area contributed by atoms with E-state index in [1.807, 2.05) is 0 Å². The van der Waals surface area contributed by atoms with Crippen molar-refractivity contribution < 1.29 is 14.7 Å². The van der Waals surface area contributed by atoms with Gasteiger partial charge in [-0.1, -0.05) is 0 Å². The highest BCUT2D eigenvalue weighted by molar-refractivity contribution is 5.99. The first kappa shape index (κ1) is 13.2. The van der Waals surface area contributed by atoms with Gasteiger partial charge in [-0.25, -0.2) is 5.10 Å². The third-order valence-electron chi connectivity index (χ3n) is 1.85. The quantitative estimate of drug-likeness (QED) is 0.396. The second-order valence-corrected chi connectivity index (χ2v) is 3.18. The Hall–Kier alpha value is -2.89. The number of aliphatic carboxylic acids is 1. The predicted octanol–water partition coefficient (Wildman–Crippen LogP) is -0.787. The summed E-state index contributed by atoms with van der Waals surface area (Å²) in [5, 5.41) is 28.1. The Morgan fingerprint density at radius 3 is 2.89 bits per heavy atom. The molecule has 0 saturated heterocycles. The summed E-state index contributed by atoms with van der Waals surface area (Å²) in [6, 6.07) is 0.556. The molecule has 9 nitrogen and oxygen atoms in total. The van der Waals surface area contributed by atoms with E-state index >= 15 is 0 Å². The molecule has 18 heavy (non-hydrogen) atoms. The molecule has 1 heterocycles. The van der Waals surface area contributed by atoms with Gasteiger partial charge in [-0.15, -0.1) is 0 Å². The number of carbonyl (C=O) groups is 2. The molecule has 0 spiro atoms. The monoisotopic (exact) mass is 250 g/mol. The van der Waals surface area contributed by atoms with Crippen LogP contribution in [-0.2, 0) is 9.59 Å². The number of carboxylic acids is 1. The minimum absolute atomic E-state index is 0.252. The van der Waals surface area contributed by atoms with E-state index in [1.165, 1.54) is 13.3 Å². The number of amides is 1. The summed E-state index contributed by atoms with van der Waals surface area (Å²) in [4.78, 5) is 25.7. The highest BCUT2D eigenvalue weighted by Crippen LogP contribution is 1.98. The third-order valence-corrected chi connectivity index (χ3v) is 1.85. The minimum atomic E-state index is -1.19. The van der Waals surface area contributed by atoms with E-state index in [1.54, 1.807) is 6.07 Å². The van der Waals surface area contributed by atoms with E-state index in [4.69, 9.17) is 10.4 Å². The van der Waals surface area contributed by atoms with Crippen molar-refractivity contribution >= 4 is 17.8 Å². The maximum atomic E-state index is 11.5. The molecule has 0 saturated carbocycles. The van der Waals surface area contributed by atoms with Gasteiger partial charge in [0.25, 0.3) is 5.91 Å². The van der Waals surface area contributed by atoms with Crippen molar-refractivity contribution in [1.29, 1.82) is 5.26 Å². The number of anilines is 1. The molecule has 0 aliphatic heterocycles. The zero-order valence-electron chi connectivity index (χ0n) is 9.34. The van der Waals surface area contributed by atoms with Crippen LogP contribution in [0.15, 0.2) is 18.1 Å². The lowest BCUT2D eigenvalue weighted by molar-refractivity contribution is -0.140. The lowest BCUT2D eigenvalue weighted by Gasteiger charge is -2.07. The number of aromatic amines is 1. The Morgan fingerprint density at radius 2 is 2.39 bits per heavy atom. The fourth-order valence-corrected chi connectivity index (χ4v) is 0.900. The van der Waals surface area contributed by atoms with Crippen LogP contribution < -0.4 is 10.6 Å². The Kier molecular flexibility index (Phi) is 4.39. The van der Waals surface area contributed by atoms with Crippen LogP contribution >= 0.6 is 0 Å². The molecule has 0 aromatic carbocycles. The van der Waals surface area contributed by atoms with E-state index in [-0.39, 0.29) is 11.5 Å². The van der Waals surface area contributed by atoms with Gasteiger partial charge in [-0.3, -0.25) is 9.59 Å². The van der Waals surface area contributed by atoms with Crippen molar-refractivity contribution in [3.05, 3.63) is 18.1 Å². The average Bonchev–Trinajstić information content (AvgIpc) is 2.82. The van der Waals surface area contributed by atoms with Gasteiger partial charge in [0.05, 0.1) is 0 Å². The number of hydrogen-bond acceptors (Lipinski definition) is 6. The predicted molar refractivity (Wildman–Crippen MR) is 58.9 cm³/mol. The number of rotatable bonds is 5. The largest absolute Gasteiger partial charge is 0.480 e. The molecular weight excluding hydrogens is 240 g/mol. The second-order valence-electron chi connectivity index (χ2n) is 3.18. The summed E-state index contributed by atoms with van der Waals surface area (Å²) in [6.07, 6.45) is 2.35. The molecule has 0 aliphatic rings. The number of carboxylic acid groups (broad SMARTS) is 1. The fourth-order valence-electron chi connectivity index (χ4n) is 0.900. The number of nitrogens with one attached hydrogen (secondary N) is 3. The molecule has 1 rings (SSSR count). The lowest BCUT2D eigenvalue weighted by Crippen LogP contribution is -2.39. The number of aromatic nitrogens is 3. The summed E-state index contributed by atoms with van der Waals surface area (Å²) < 4.78 is 0. The maximum Gasteiger partial charge on any atom is 0.325 e. The van der Waals surface area contributed by atoms with Crippen molar-refractivity contribution in [2.75, 3.05) is 5.32 Å². The topological polar surface area (TPSA) is 144 Å². The summed E-state index contributed by atoms with van der Waals surface area (Å²) in [7, 11) is 0. The molecule has 0 fully saturated rings. The van der Waals surface area contributed by atoms with Crippen LogP contribution in [0.1, 0.15) is 6.92 Å². The first-order chi connectivity index (χ1) is 8.54. The molecule has 1 atom stereocenters. The average molecular weight is 250 g/mol. The number of hydrogen-bond donors (Lipinski definition) is 4. The van der Waals surface area contributed by atoms with Crippen LogP contribution in [0, 0.1) is 11.3 Å². The van der Waals surface area contributed by atoms with Crippen molar-refractivity contribution in [3.8, 4) is 6.07 Å². The van der Waals surface area contributed by atoms with Gasteiger partial charge in [0.1, 0.15) is 24.0 Å². The Labute approximate surface area is 102 Å². The molecule has 1 unspecified atom stereocenters. The van der Waals surface area contributed by atoms with Crippen molar-refractivity contribution in [1.82, 2.24) is 20.5 Å². The van der Waals surface area contributed by atoms with Gasteiger partial charge in [0.15, 0.2) is 0 Å². The van der Waals surface area contributed by atoms with Crippen molar-refractivity contribution in [2.45, 2.75) is 13.0 Å². The summed E-state index contributed by atoms with van der Waals surface area (Å²) in [6.45, 7) is 1.29. The molecule has 9 heteroatoms. The smallest absolute Gasteiger partial charge is 0.325 e. The molecular formula is C9H10N6O3. The van der Waals surface area contributed by atoms with E-state index in [0.717, 1.165) is 6.20 Å². The van der Waals surface area contributed by atoms with Gasteiger partial charge in [-0.05, 0) is 6.92 Å². The van der Waals surface area contributed by atoms with Gasteiger partial charge in [0, 0.05) is 6.20 Å². The van der Waals surface area contributed by atoms with Gasteiger partial charge >= 0.3 is 5.97 Å². The van der Waals surface area contributed by atoms with Gasteiger partial charge in [0.2, 0.25) is 5.95 Å². The minimum Gasteiger partial charge on any atom is -0.480 e. The van der Waals surface area contributed by atoms with E-state index in [9.17, 15) is 9.59 Å². The fraction of sp³-hybridized carbons (Fsp3) is 0.222. The van der Waals surface area contributed by atoms with Crippen LogP contribution in [0.5, 0.6) is 0 Å². The van der Waals surface area contributed by atoms with Crippen LogP contribution in [0.25, 0.3) is 0 Å². The standard InChI is InChI=1S/C9H10N6O3/c1-5(8(17)18)14-7(16)6(2-10)3-11-9-12-4-13-15-9/h3-5H,1H3,(H,14,16)(H,17,18)(H2,11,12,13,15)/b6-3-. The van der Waals surface area contributed by atoms with Gasteiger partial charge < -0.3 is 15.7 Å². The number of H-pyrrole nitrogens is 1. The maximum absolute atomic E-state index is 11.5. The van der Waals surface area contributed by atoms with E-state index in [0.29, 0.717) is 0 Å². The lowest BCUT2D eigenvalue weighted by atomic mass is 10.2. The Balaban J connectivity index is 2.66. The summed E-state index contributed by atoms with van der Waals surface area (Å²) >= 11 is 0. The molecule has 0 radical (unpaired) electrons. The van der Waals surface area contributed by atoms with E-state index < -0.39 is 17.9 Å². The molecule has 94 valence electrons. The summed E-state index contributed by atoms with van der Waals surface area (Å²) in [5.74, 6) is -1.73. The van der Waals surface area contributed by atoms with Crippen LogP contribution in [0.3, 0.4) is 0 Å². The molecule has 0 bridgehead atoms. The first-order valence-corrected chi connectivity index (χ1v) is 4.80. The Bertz CT molecular complexity index is 501.